The molecule has 0 saturated heterocycles. The Bertz CT molecular complexity index is 649. The van der Waals surface area contributed by atoms with Crippen molar-refractivity contribution in [3.8, 4) is 0 Å². The van der Waals surface area contributed by atoms with Crippen molar-refractivity contribution in [3.05, 3.63) is 64.4 Å². The average molecular weight is 320 g/mol. The molecule has 1 atom stereocenters. The Kier molecular flexibility index (Phi) is 5.75. The number of aryl methyl sites for hydroxylation is 1. The molecule has 1 heterocycles. The molecule has 3 N–H and O–H groups in total. The monoisotopic (exact) mass is 319 g/mol. The lowest BCUT2D eigenvalue weighted by Crippen LogP contribution is -2.37. The minimum Gasteiger partial charge on any atom is -0.387 e. The Balaban J connectivity index is 1.79. The van der Waals surface area contributed by atoms with Crippen LogP contribution in [-0.2, 0) is 6.54 Å². The van der Waals surface area contributed by atoms with Crippen LogP contribution in [0.1, 0.15) is 23.1 Å². The second kappa shape index (κ2) is 7.77. The third-order valence-electron chi connectivity index (χ3n) is 3.10. The van der Waals surface area contributed by atoms with E-state index >= 15 is 0 Å². The second-order valence-electron chi connectivity index (χ2n) is 4.87. The predicted octanol–water partition coefficient (Wildman–Crippen LogP) is 2.58. The number of urea groups is 1. The number of hydrogen-bond acceptors (Lipinski definition) is 3. The van der Waals surface area contributed by atoms with E-state index in [4.69, 9.17) is 11.6 Å². The summed E-state index contributed by atoms with van der Waals surface area (Å²) in [5, 5.41) is 15.8. The number of rotatable bonds is 5. The molecule has 1 aromatic heterocycles. The molecule has 1 aromatic carbocycles. The third-order valence-corrected chi connectivity index (χ3v) is 3.44. The number of aliphatic hydroxyl groups is 1. The van der Waals surface area contributed by atoms with Gasteiger partial charge in [-0.05, 0) is 25.1 Å². The summed E-state index contributed by atoms with van der Waals surface area (Å²) in [6.45, 7) is 2.30. The van der Waals surface area contributed by atoms with E-state index in [0.717, 1.165) is 11.4 Å². The molecular formula is C16H18ClN3O2. The van der Waals surface area contributed by atoms with E-state index < -0.39 is 6.10 Å². The summed E-state index contributed by atoms with van der Waals surface area (Å²) < 4.78 is 0. The maximum Gasteiger partial charge on any atom is 0.315 e. The SMILES string of the molecule is Cc1cccc(CNC(=O)NCC(O)c2ccccc2Cl)n1. The molecule has 0 spiro atoms. The highest BCUT2D eigenvalue weighted by atomic mass is 35.5. The molecule has 1 unspecified atom stereocenters. The molecular weight excluding hydrogens is 302 g/mol. The van der Waals surface area contributed by atoms with Crippen molar-refractivity contribution in [3.63, 3.8) is 0 Å². The quantitative estimate of drug-likeness (QED) is 0.793. The Morgan fingerprint density at radius 1 is 1.23 bits per heavy atom. The number of aromatic nitrogens is 1. The number of nitrogens with zero attached hydrogens (tertiary/aromatic N) is 1. The first-order valence-corrected chi connectivity index (χ1v) is 7.31. The Morgan fingerprint density at radius 2 is 2.00 bits per heavy atom. The van der Waals surface area contributed by atoms with E-state index in [-0.39, 0.29) is 12.6 Å². The van der Waals surface area contributed by atoms with E-state index in [9.17, 15) is 9.90 Å². The lowest BCUT2D eigenvalue weighted by atomic mass is 10.1. The van der Waals surface area contributed by atoms with Crippen molar-refractivity contribution < 1.29 is 9.90 Å². The molecule has 116 valence electrons. The molecule has 2 aromatic rings. The number of hydrogen-bond donors (Lipinski definition) is 3. The number of carbonyl (C=O) groups is 1. The van der Waals surface area contributed by atoms with Gasteiger partial charge in [0.05, 0.1) is 18.3 Å². The summed E-state index contributed by atoms with van der Waals surface area (Å²) >= 11 is 5.99. The number of benzene rings is 1. The van der Waals surface area contributed by atoms with Crippen LogP contribution in [0, 0.1) is 6.92 Å². The largest absolute Gasteiger partial charge is 0.387 e. The third kappa shape index (κ3) is 4.72. The van der Waals surface area contributed by atoms with Crippen LogP contribution in [0.25, 0.3) is 0 Å². The van der Waals surface area contributed by atoms with Gasteiger partial charge in [0.1, 0.15) is 0 Å². The summed E-state index contributed by atoms with van der Waals surface area (Å²) in [5.41, 5.74) is 2.26. The highest BCUT2D eigenvalue weighted by Gasteiger charge is 2.12. The number of halogens is 1. The molecule has 2 rings (SSSR count). The van der Waals surface area contributed by atoms with Crippen LogP contribution >= 0.6 is 11.6 Å². The lowest BCUT2D eigenvalue weighted by Gasteiger charge is -2.14. The van der Waals surface area contributed by atoms with Crippen LogP contribution in [0.15, 0.2) is 42.5 Å². The number of nitrogens with one attached hydrogen (secondary N) is 2. The van der Waals surface area contributed by atoms with Gasteiger partial charge >= 0.3 is 6.03 Å². The van der Waals surface area contributed by atoms with Crippen molar-refractivity contribution in [1.82, 2.24) is 15.6 Å². The maximum absolute atomic E-state index is 11.7. The van der Waals surface area contributed by atoms with Crippen LogP contribution < -0.4 is 10.6 Å². The van der Waals surface area contributed by atoms with Gasteiger partial charge in [-0.3, -0.25) is 4.98 Å². The first-order valence-electron chi connectivity index (χ1n) is 6.93. The maximum atomic E-state index is 11.7. The van der Waals surface area contributed by atoms with Crippen molar-refractivity contribution in [1.29, 1.82) is 0 Å². The molecule has 6 heteroatoms. The standard InChI is InChI=1S/C16H18ClN3O2/c1-11-5-4-6-12(20-11)9-18-16(22)19-10-15(21)13-7-2-3-8-14(13)17/h2-8,15,21H,9-10H2,1H3,(H2,18,19,22). The van der Waals surface area contributed by atoms with Crippen LogP contribution in [0.3, 0.4) is 0 Å². The van der Waals surface area contributed by atoms with Crippen LogP contribution in [0.4, 0.5) is 4.79 Å². The number of pyridine rings is 1. The van der Waals surface area contributed by atoms with Crippen LogP contribution in [-0.4, -0.2) is 22.7 Å². The van der Waals surface area contributed by atoms with E-state index in [1.807, 2.05) is 25.1 Å². The number of amides is 2. The van der Waals surface area contributed by atoms with Gasteiger partial charge in [-0.25, -0.2) is 4.79 Å². The fourth-order valence-electron chi connectivity index (χ4n) is 1.98. The highest BCUT2D eigenvalue weighted by Crippen LogP contribution is 2.21. The zero-order valence-electron chi connectivity index (χ0n) is 12.2. The van der Waals surface area contributed by atoms with Crippen molar-refractivity contribution >= 4 is 17.6 Å². The molecule has 0 bridgehead atoms. The molecule has 0 radical (unpaired) electrons. The number of aliphatic hydroxyl groups excluding tert-OH is 1. The molecule has 0 aliphatic heterocycles. The summed E-state index contributed by atoms with van der Waals surface area (Å²) in [6.07, 6.45) is -0.850. The fourth-order valence-corrected chi connectivity index (χ4v) is 2.24. The average Bonchev–Trinajstić information content (AvgIpc) is 2.51. The van der Waals surface area contributed by atoms with E-state index in [2.05, 4.69) is 15.6 Å². The van der Waals surface area contributed by atoms with E-state index in [0.29, 0.717) is 17.1 Å². The van der Waals surface area contributed by atoms with Crippen LogP contribution in [0.2, 0.25) is 5.02 Å². The molecule has 0 aliphatic rings. The number of carbonyl (C=O) groups excluding carboxylic acids is 1. The minimum absolute atomic E-state index is 0.0802. The van der Waals surface area contributed by atoms with Gasteiger partial charge in [-0.15, -0.1) is 0 Å². The van der Waals surface area contributed by atoms with Gasteiger partial charge in [-0.2, -0.15) is 0 Å². The lowest BCUT2D eigenvalue weighted by molar-refractivity contribution is 0.173. The zero-order chi connectivity index (χ0) is 15.9. The second-order valence-corrected chi connectivity index (χ2v) is 5.28. The molecule has 5 nitrogen and oxygen atoms in total. The van der Waals surface area contributed by atoms with Gasteiger partial charge in [0.2, 0.25) is 0 Å². The van der Waals surface area contributed by atoms with Gasteiger partial charge in [-0.1, -0.05) is 35.9 Å². The normalized spacial score (nSPS) is 11.8. The van der Waals surface area contributed by atoms with Crippen molar-refractivity contribution in [2.24, 2.45) is 0 Å². The van der Waals surface area contributed by atoms with E-state index in [1.165, 1.54) is 0 Å². The minimum atomic E-state index is -0.850. The Morgan fingerprint density at radius 3 is 2.73 bits per heavy atom. The van der Waals surface area contributed by atoms with Crippen LogP contribution in [0.5, 0.6) is 0 Å². The van der Waals surface area contributed by atoms with Crippen molar-refractivity contribution in [2.45, 2.75) is 19.6 Å². The predicted molar refractivity (Wildman–Crippen MR) is 85.6 cm³/mol. The first kappa shape index (κ1) is 16.3. The Labute approximate surface area is 134 Å². The summed E-state index contributed by atoms with van der Waals surface area (Å²) in [7, 11) is 0. The van der Waals surface area contributed by atoms with Gasteiger partial charge in [0.25, 0.3) is 0 Å². The smallest absolute Gasteiger partial charge is 0.315 e. The van der Waals surface area contributed by atoms with Gasteiger partial charge in [0.15, 0.2) is 0 Å². The van der Waals surface area contributed by atoms with Gasteiger partial charge < -0.3 is 15.7 Å². The highest BCUT2D eigenvalue weighted by molar-refractivity contribution is 6.31. The molecule has 0 fully saturated rings. The van der Waals surface area contributed by atoms with Gasteiger partial charge in [0, 0.05) is 22.8 Å². The van der Waals surface area contributed by atoms with Crippen molar-refractivity contribution in [2.75, 3.05) is 6.54 Å². The van der Waals surface area contributed by atoms with E-state index in [1.54, 1.807) is 24.3 Å². The molecule has 0 saturated carbocycles. The zero-order valence-corrected chi connectivity index (χ0v) is 13.0. The fraction of sp³-hybridized carbons (Fsp3) is 0.250. The molecule has 22 heavy (non-hydrogen) atoms. The first-order chi connectivity index (χ1) is 10.6. The molecule has 0 aliphatic carbocycles. The Hall–Kier alpha value is -2.11. The summed E-state index contributed by atoms with van der Waals surface area (Å²) in [5.74, 6) is 0. The topological polar surface area (TPSA) is 74.2 Å². The molecule has 2 amide bonds. The summed E-state index contributed by atoms with van der Waals surface area (Å²) in [6, 6.07) is 12.2. The summed E-state index contributed by atoms with van der Waals surface area (Å²) in [4.78, 5) is 16.0.